The van der Waals surface area contributed by atoms with Crippen LogP contribution in [0, 0.1) is 0 Å². The molecule has 88 valence electrons. The second kappa shape index (κ2) is 5.62. The average molecular weight is 358 g/mol. The summed E-state index contributed by atoms with van der Waals surface area (Å²) in [6.07, 6.45) is 3.37. The molecule has 0 bridgehead atoms. The van der Waals surface area contributed by atoms with Crippen LogP contribution in [0.4, 0.5) is 0 Å². The van der Waals surface area contributed by atoms with Crippen molar-refractivity contribution in [1.29, 1.82) is 0 Å². The number of pyridine rings is 1. The second-order valence-electron chi connectivity index (χ2n) is 3.41. The van der Waals surface area contributed by atoms with E-state index >= 15 is 0 Å². The van der Waals surface area contributed by atoms with Gasteiger partial charge in [0.1, 0.15) is 11.5 Å². The zero-order valence-corrected chi connectivity index (χ0v) is 12.0. The number of halogens is 2. The van der Waals surface area contributed by atoms with Crippen LogP contribution in [0.3, 0.4) is 0 Å². The zero-order valence-electron chi connectivity index (χ0n) is 8.86. The van der Waals surface area contributed by atoms with Crippen molar-refractivity contribution in [2.45, 2.75) is 6.54 Å². The topological polar surface area (TPSA) is 48.1 Å². The van der Waals surface area contributed by atoms with Gasteiger partial charge in [-0.15, -0.1) is 0 Å². The molecule has 0 saturated heterocycles. The molecule has 0 fully saturated rings. The summed E-state index contributed by atoms with van der Waals surface area (Å²) < 4.78 is 7.46. The Bertz CT molecular complexity index is 532. The molecule has 3 nitrogen and oxygen atoms in total. The molecule has 1 heterocycles. The van der Waals surface area contributed by atoms with Gasteiger partial charge in [-0.2, -0.15) is 0 Å². The Hall–Kier alpha value is -0.910. The van der Waals surface area contributed by atoms with Crippen molar-refractivity contribution in [2.75, 3.05) is 0 Å². The van der Waals surface area contributed by atoms with E-state index in [0.717, 1.165) is 20.3 Å². The summed E-state index contributed by atoms with van der Waals surface area (Å²) in [7, 11) is 0. The number of nitrogens with zero attached hydrogens (tertiary/aromatic N) is 1. The van der Waals surface area contributed by atoms with Gasteiger partial charge in [0, 0.05) is 17.2 Å². The summed E-state index contributed by atoms with van der Waals surface area (Å²) in [5, 5.41) is 0. The molecule has 0 aliphatic heterocycles. The number of rotatable bonds is 3. The van der Waals surface area contributed by atoms with Crippen molar-refractivity contribution in [1.82, 2.24) is 4.98 Å². The first-order valence-electron chi connectivity index (χ1n) is 4.96. The lowest BCUT2D eigenvalue weighted by molar-refractivity contribution is 0.476. The van der Waals surface area contributed by atoms with Crippen molar-refractivity contribution in [3.63, 3.8) is 0 Å². The minimum absolute atomic E-state index is 0.511. The predicted molar refractivity (Wildman–Crippen MR) is 74.0 cm³/mol. The van der Waals surface area contributed by atoms with Crippen LogP contribution in [-0.4, -0.2) is 4.98 Å². The van der Waals surface area contributed by atoms with Crippen molar-refractivity contribution in [2.24, 2.45) is 5.73 Å². The highest BCUT2D eigenvalue weighted by Crippen LogP contribution is 2.30. The normalized spacial score (nSPS) is 10.3. The average Bonchev–Trinajstić information content (AvgIpc) is 2.32. The van der Waals surface area contributed by atoms with Gasteiger partial charge in [0.05, 0.1) is 10.7 Å². The van der Waals surface area contributed by atoms with E-state index in [0.29, 0.717) is 12.3 Å². The summed E-state index contributed by atoms with van der Waals surface area (Å²) in [5.41, 5.74) is 6.62. The van der Waals surface area contributed by atoms with E-state index < -0.39 is 0 Å². The summed E-state index contributed by atoms with van der Waals surface area (Å²) in [6, 6.07) is 7.62. The lowest BCUT2D eigenvalue weighted by Gasteiger charge is -2.08. The standard InChI is InChI=1S/C12H10Br2N2O/c13-9-4-10(7-16-6-9)17-12-2-1-8(5-15)3-11(12)14/h1-4,6-7H,5,15H2. The number of ether oxygens (including phenoxy) is 1. The first-order valence-corrected chi connectivity index (χ1v) is 6.54. The van der Waals surface area contributed by atoms with Crippen molar-refractivity contribution in [3.8, 4) is 11.5 Å². The number of hydrogen-bond donors (Lipinski definition) is 1. The Balaban J connectivity index is 2.24. The van der Waals surface area contributed by atoms with Gasteiger partial charge in [-0.25, -0.2) is 0 Å². The molecule has 0 aliphatic carbocycles. The minimum Gasteiger partial charge on any atom is -0.455 e. The fourth-order valence-electron chi connectivity index (χ4n) is 1.33. The van der Waals surface area contributed by atoms with Gasteiger partial charge in [-0.3, -0.25) is 4.98 Å². The predicted octanol–water partition coefficient (Wildman–Crippen LogP) is 3.86. The molecule has 1 aromatic carbocycles. The molecule has 2 aromatic rings. The fraction of sp³-hybridized carbons (Fsp3) is 0.0833. The summed E-state index contributed by atoms with van der Waals surface area (Å²) >= 11 is 6.80. The Morgan fingerprint density at radius 2 is 2.00 bits per heavy atom. The molecule has 5 heteroatoms. The van der Waals surface area contributed by atoms with E-state index in [1.165, 1.54) is 0 Å². The van der Waals surface area contributed by atoms with Crippen LogP contribution in [0.25, 0.3) is 0 Å². The van der Waals surface area contributed by atoms with E-state index in [1.807, 2.05) is 24.3 Å². The first kappa shape index (κ1) is 12.5. The van der Waals surface area contributed by atoms with Crippen molar-refractivity contribution >= 4 is 31.9 Å². The Kier molecular flexibility index (Phi) is 4.15. The molecule has 0 amide bonds. The number of benzene rings is 1. The molecular formula is C12H10Br2N2O. The molecule has 0 unspecified atom stereocenters. The highest BCUT2D eigenvalue weighted by Gasteiger charge is 2.04. The largest absolute Gasteiger partial charge is 0.455 e. The first-order chi connectivity index (χ1) is 8.19. The van der Waals surface area contributed by atoms with Crippen LogP contribution >= 0.6 is 31.9 Å². The molecule has 1 aromatic heterocycles. The lowest BCUT2D eigenvalue weighted by atomic mass is 10.2. The maximum atomic E-state index is 5.71. The van der Waals surface area contributed by atoms with E-state index in [2.05, 4.69) is 36.8 Å². The molecule has 0 radical (unpaired) electrons. The van der Waals surface area contributed by atoms with Crippen LogP contribution in [0.15, 0.2) is 45.6 Å². The van der Waals surface area contributed by atoms with E-state index in [9.17, 15) is 0 Å². The number of hydrogen-bond acceptors (Lipinski definition) is 3. The maximum Gasteiger partial charge on any atom is 0.146 e. The molecule has 2 N–H and O–H groups in total. The van der Waals surface area contributed by atoms with E-state index in [1.54, 1.807) is 12.4 Å². The highest BCUT2D eigenvalue weighted by molar-refractivity contribution is 9.10. The van der Waals surface area contributed by atoms with Gasteiger partial charge in [-0.05, 0) is 55.6 Å². The second-order valence-corrected chi connectivity index (χ2v) is 5.18. The molecule has 0 aliphatic rings. The van der Waals surface area contributed by atoms with Gasteiger partial charge in [-0.1, -0.05) is 6.07 Å². The van der Waals surface area contributed by atoms with Gasteiger partial charge in [0.2, 0.25) is 0 Å². The monoisotopic (exact) mass is 356 g/mol. The third-order valence-corrected chi connectivity index (χ3v) is 3.19. The van der Waals surface area contributed by atoms with Gasteiger partial charge < -0.3 is 10.5 Å². The van der Waals surface area contributed by atoms with Gasteiger partial charge in [0.25, 0.3) is 0 Å². The lowest BCUT2D eigenvalue weighted by Crippen LogP contribution is -1.96. The smallest absolute Gasteiger partial charge is 0.146 e. The third kappa shape index (κ3) is 3.28. The Morgan fingerprint density at radius 3 is 2.65 bits per heavy atom. The third-order valence-electron chi connectivity index (χ3n) is 2.14. The van der Waals surface area contributed by atoms with Gasteiger partial charge in [0.15, 0.2) is 0 Å². The zero-order chi connectivity index (χ0) is 12.3. The van der Waals surface area contributed by atoms with Crippen LogP contribution in [-0.2, 0) is 6.54 Å². The highest BCUT2D eigenvalue weighted by atomic mass is 79.9. The molecule has 0 saturated carbocycles. The number of nitrogens with two attached hydrogens (primary N) is 1. The summed E-state index contributed by atoms with van der Waals surface area (Å²) in [6.45, 7) is 0.511. The van der Waals surface area contributed by atoms with Crippen molar-refractivity contribution < 1.29 is 4.74 Å². The van der Waals surface area contributed by atoms with Crippen molar-refractivity contribution in [3.05, 3.63) is 51.2 Å². The molecule has 0 atom stereocenters. The number of aromatic nitrogens is 1. The van der Waals surface area contributed by atoms with Crippen LogP contribution in [0.1, 0.15) is 5.56 Å². The molecular weight excluding hydrogens is 348 g/mol. The minimum atomic E-state index is 0.511. The maximum absolute atomic E-state index is 5.71. The SMILES string of the molecule is NCc1ccc(Oc2cncc(Br)c2)c(Br)c1. The molecule has 17 heavy (non-hydrogen) atoms. The Labute approximate surface area is 116 Å². The molecule has 0 spiro atoms. The fourth-order valence-corrected chi connectivity index (χ4v) is 2.18. The van der Waals surface area contributed by atoms with Crippen LogP contribution < -0.4 is 10.5 Å². The van der Waals surface area contributed by atoms with Gasteiger partial charge >= 0.3 is 0 Å². The van der Waals surface area contributed by atoms with Crippen LogP contribution in [0.5, 0.6) is 11.5 Å². The van der Waals surface area contributed by atoms with E-state index in [4.69, 9.17) is 10.5 Å². The summed E-state index contributed by atoms with van der Waals surface area (Å²) in [4.78, 5) is 4.04. The quantitative estimate of drug-likeness (QED) is 0.907. The van der Waals surface area contributed by atoms with E-state index in [-0.39, 0.29) is 0 Å². The summed E-state index contributed by atoms with van der Waals surface area (Å²) in [5.74, 6) is 1.42. The Morgan fingerprint density at radius 1 is 1.18 bits per heavy atom. The van der Waals surface area contributed by atoms with Crippen LogP contribution in [0.2, 0.25) is 0 Å². The molecule has 2 rings (SSSR count).